The van der Waals surface area contributed by atoms with Crippen molar-refractivity contribution in [2.24, 2.45) is 0 Å². The number of benzene rings is 2. The van der Waals surface area contributed by atoms with Gasteiger partial charge in [0.25, 0.3) is 5.91 Å². The monoisotopic (exact) mass is 382 g/mol. The molecule has 0 fully saturated rings. The molecule has 0 atom stereocenters. The van der Waals surface area contributed by atoms with Gasteiger partial charge in [-0.25, -0.2) is 0 Å². The van der Waals surface area contributed by atoms with E-state index in [0.29, 0.717) is 11.4 Å². The molecule has 0 bridgehead atoms. The quantitative estimate of drug-likeness (QED) is 0.681. The van der Waals surface area contributed by atoms with E-state index in [2.05, 4.69) is 17.6 Å². The molecule has 2 rings (SSSR count). The molecular weight excluding hydrogens is 356 g/mol. The van der Waals surface area contributed by atoms with Gasteiger partial charge in [-0.3, -0.25) is 14.4 Å². The first-order chi connectivity index (χ1) is 13.4. The van der Waals surface area contributed by atoms with Crippen molar-refractivity contribution in [1.29, 1.82) is 0 Å². The van der Waals surface area contributed by atoms with Gasteiger partial charge in [-0.1, -0.05) is 25.1 Å². The second-order valence-electron chi connectivity index (χ2n) is 6.61. The fourth-order valence-electron chi connectivity index (χ4n) is 2.50. The zero-order valence-electron chi connectivity index (χ0n) is 16.5. The Hall–Kier alpha value is -3.15. The number of carbonyl (C=O) groups excluding carboxylic acids is 3. The molecule has 2 amide bonds. The molecule has 0 aliphatic carbocycles. The van der Waals surface area contributed by atoms with Gasteiger partial charge in [0, 0.05) is 17.8 Å². The second kappa shape index (κ2) is 10.3. The van der Waals surface area contributed by atoms with Crippen LogP contribution in [0.4, 0.5) is 11.4 Å². The Morgan fingerprint density at radius 3 is 2.11 bits per heavy atom. The summed E-state index contributed by atoms with van der Waals surface area (Å²) in [5.74, 6) is -1.29. The number of amides is 2. The molecule has 0 aliphatic rings. The summed E-state index contributed by atoms with van der Waals surface area (Å²) in [5.41, 5.74) is 4.72. The smallest absolute Gasteiger partial charge is 0.306 e. The van der Waals surface area contributed by atoms with Crippen molar-refractivity contribution in [3.63, 3.8) is 0 Å². The number of nitrogens with one attached hydrogen (secondary N) is 2. The molecular formula is C22H26N2O4. The van der Waals surface area contributed by atoms with Gasteiger partial charge >= 0.3 is 5.97 Å². The highest BCUT2D eigenvalue weighted by atomic mass is 16.5. The summed E-state index contributed by atoms with van der Waals surface area (Å²) in [6.07, 6.45) is 0.823. The first kappa shape index (κ1) is 21.2. The van der Waals surface area contributed by atoms with Gasteiger partial charge in [0.1, 0.15) is 0 Å². The van der Waals surface area contributed by atoms with E-state index in [1.807, 2.05) is 44.2 Å². The minimum absolute atomic E-state index is 0.00808. The number of aryl methyl sites for hydroxylation is 3. The summed E-state index contributed by atoms with van der Waals surface area (Å²) in [6, 6.07) is 13.1. The summed E-state index contributed by atoms with van der Waals surface area (Å²) in [4.78, 5) is 35.5. The Bertz CT molecular complexity index is 844. The molecule has 148 valence electrons. The molecule has 0 radical (unpaired) electrons. The Kier molecular flexibility index (Phi) is 7.75. The summed E-state index contributed by atoms with van der Waals surface area (Å²) in [7, 11) is 0. The van der Waals surface area contributed by atoms with Crippen LogP contribution in [0.1, 0.15) is 36.5 Å². The average Bonchev–Trinajstić information content (AvgIpc) is 2.68. The van der Waals surface area contributed by atoms with Gasteiger partial charge in [0.2, 0.25) is 5.91 Å². The summed E-state index contributed by atoms with van der Waals surface area (Å²) < 4.78 is 4.93. The van der Waals surface area contributed by atoms with Gasteiger partial charge in [0.05, 0.1) is 6.42 Å². The minimum Gasteiger partial charge on any atom is -0.456 e. The van der Waals surface area contributed by atoms with Crippen molar-refractivity contribution < 1.29 is 19.1 Å². The van der Waals surface area contributed by atoms with E-state index < -0.39 is 11.9 Å². The number of hydrogen-bond donors (Lipinski definition) is 2. The maximum atomic E-state index is 11.9. The first-order valence-electron chi connectivity index (χ1n) is 9.29. The van der Waals surface area contributed by atoms with Crippen LogP contribution < -0.4 is 10.6 Å². The molecule has 2 aromatic carbocycles. The predicted molar refractivity (Wildman–Crippen MR) is 109 cm³/mol. The number of anilines is 2. The summed E-state index contributed by atoms with van der Waals surface area (Å²) in [5, 5.41) is 5.41. The fourth-order valence-corrected chi connectivity index (χ4v) is 2.50. The van der Waals surface area contributed by atoms with Crippen LogP contribution in [-0.2, 0) is 25.5 Å². The lowest BCUT2D eigenvalue weighted by molar-refractivity contribution is -0.147. The average molecular weight is 382 g/mol. The Balaban J connectivity index is 1.69. The largest absolute Gasteiger partial charge is 0.456 e. The topological polar surface area (TPSA) is 84.5 Å². The van der Waals surface area contributed by atoms with Crippen molar-refractivity contribution >= 4 is 29.2 Å². The SMILES string of the molecule is CCc1ccc(NC(=O)COC(=O)CCC(=O)Nc2ccc(C)c(C)c2)cc1. The van der Waals surface area contributed by atoms with Crippen molar-refractivity contribution in [3.8, 4) is 0 Å². The number of esters is 1. The van der Waals surface area contributed by atoms with Gasteiger partial charge in [-0.2, -0.15) is 0 Å². The van der Waals surface area contributed by atoms with Crippen LogP contribution in [0.25, 0.3) is 0 Å². The number of carbonyl (C=O) groups is 3. The van der Waals surface area contributed by atoms with Crippen LogP contribution in [0.3, 0.4) is 0 Å². The molecule has 0 unspecified atom stereocenters. The van der Waals surface area contributed by atoms with Crippen LogP contribution in [0.5, 0.6) is 0 Å². The van der Waals surface area contributed by atoms with E-state index in [-0.39, 0.29) is 25.4 Å². The van der Waals surface area contributed by atoms with Crippen LogP contribution in [0.15, 0.2) is 42.5 Å². The molecule has 28 heavy (non-hydrogen) atoms. The molecule has 2 N–H and O–H groups in total. The van der Waals surface area contributed by atoms with Crippen LogP contribution in [-0.4, -0.2) is 24.4 Å². The van der Waals surface area contributed by atoms with Crippen LogP contribution in [0.2, 0.25) is 0 Å². The molecule has 0 aliphatic heterocycles. The highest BCUT2D eigenvalue weighted by Crippen LogP contribution is 2.14. The third-order valence-corrected chi connectivity index (χ3v) is 4.36. The van der Waals surface area contributed by atoms with E-state index in [9.17, 15) is 14.4 Å². The van der Waals surface area contributed by atoms with Crippen molar-refractivity contribution in [2.75, 3.05) is 17.2 Å². The van der Waals surface area contributed by atoms with Crippen molar-refractivity contribution in [2.45, 2.75) is 40.0 Å². The van der Waals surface area contributed by atoms with E-state index in [4.69, 9.17) is 4.74 Å². The Labute approximate surface area is 165 Å². The Morgan fingerprint density at radius 1 is 0.821 bits per heavy atom. The second-order valence-corrected chi connectivity index (χ2v) is 6.61. The lowest BCUT2D eigenvalue weighted by atomic mass is 10.1. The molecule has 2 aromatic rings. The predicted octanol–water partition coefficient (Wildman–Crippen LogP) is 3.77. The lowest BCUT2D eigenvalue weighted by Gasteiger charge is -2.08. The number of hydrogen-bond acceptors (Lipinski definition) is 4. The number of rotatable bonds is 8. The molecule has 0 aromatic heterocycles. The molecule has 0 spiro atoms. The van der Waals surface area contributed by atoms with Gasteiger partial charge < -0.3 is 15.4 Å². The zero-order chi connectivity index (χ0) is 20.5. The third-order valence-electron chi connectivity index (χ3n) is 4.36. The van der Waals surface area contributed by atoms with E-state index in [0.717, 1.165) is 17.5 Å². The zero-order valence-corrected chi connectivity index (χ0v) is 16.5. The summed E-state index contributed by atoms with van der Waals surface area (Å²) in [6.45, 7) is 5.63. The van der Waals surface area contributed by atoms with Crippen molar-refractivity contribution in [1.82, 2.24) is 0 Å². The highest BCUT2D eigenvalue weighted by Gasteiger charge is 2.11. The van der Waals surface area contributed by atoms with Gasteiger partial charge in [-0.05, 0) is 61.2 Å². The molecule has 0 saturated heterocycles. The van der Waals surface area contributed by atoms with E-state index in [1.54, 1.807) is 12.1 Å². The third kappa shape index (κ3) is 6.87. The minimum atomic E-state index is -0.591. The standard InChI is InChI=1S/C22H26N2O4/c1-4-17-6-9-18(10-7-17)23-21(26)14-28-22(27)12-11-20(25)24-19-8-5-15(2)16(3)13-19/h5-10,13H,4,11-12,14H2,1-3H3,(H,23,26)(H,24,25). The highest BCUT2D eigenvalue weighted by molar-refractivity contribution is 5.94. The van der Waals surface area contributed by atoms with Crippen LogP contribution >= 0.6 is 0 Å². The maximum absolute atomic E-state index is 11.9. The molecule has 6 heteroatoms. The normalized spacial score (nSPS) is 10.2. The molecule has 0 saturated carbocycles. The van der Waals surface area contributed by atoms with Crippen molar-refractivity contribution in [3.05, 3.63) is 59.2 Å². The van der Waals surface area contributed by atoms with Crippen LogP contribution in [0, 0.1) is 13.8 Å². The fraction of sp³-hybridized carbons (Fsp3) is 0.318. The van der Waals surface area contributed by atoms with Gasteiger partial charge in [0.15, 0.2) is 6.61 Å². The Morgan fingerprint density at radius 2 is 1.46 bits per heavy atom. The molecule has 0 heterocycles. The summed E-state index contributed by atoms with van der Waals surface area (Å²) >= 11 is 0. The lowest BCUT2D eigenvalue weighted by Crippen LogP contribution is -2.21. The molecule has 6 nitrogen and oxygen atoms in total. The van der Waals surface area contributed by atoms with E-state index in [1.165, 1.54) is 5.56 Å². The number of ether oxygens (including phenoxy) is 1. The maximum Gasteiger partial charge on any atom is 0.306 e. The first-order valence-corrected chi connectivity index (χ1v) is 9.29. The van der Waals surface area contributed by atoms with Gasteiger partial charge in [-0.15, -0.1) is 0 Å². The van der Waals surface area contributed by atoms with E-state index >= 15 is 0 Å².